The van der Waals surface area contributed by atoms with Crippen molar-refractivity contribution in [3.63, 3.8) is 0 Å². The molecule has 1 amide bonds. The molecule has 0 radical (unpaired) electrons. The molecule has 3 aromatic rings. The van der Waals surface area contributed by atoms with Gasteiger partial charge in [-0.25, -0.2) is 13.2 Å². The maximum absolute atomic E-state index is 13.1. The van der Waals surface area contributed by atoms with Gasteiger partial charge in [-0.05, 0) is 29.3 Å². The molecule has 1 atom stereocenters. The zero-order valence-electron chi connectivity index (χ0n) is 19.2. The van der Waals surface area contributed by atoms with Gasteiger partial charge in [0.15, 0.2) is 15.4 Å². The Morgan fingerprint density at radius 1 is 0.914 bits per heavy atom. The Bertz CT molecular complexity index is 1340. The van der Waals surface area contributed by atoms with Crippen molar-refractivity contribution in [1.82, 2.24) is 5.32 Å². The van der Waals surface area contributed by atoms with Crippen LogP contribution in [0.25, 0.3) is 11.1 Å². The Kier molecular flexibility index (Phi) is 7.71. The van der Waals surface area contributed by atoms with Gasteiger partial charge in [-0.1, -0.05) is 60.7 Å². The lowest BCUT2D eigenvalue weighted by Crippen LogP contribution is -2.57. The summed E-state index contributed by atoms with van der Waals surface area (Å²) in [6.07, 6.45) is 0.355. The fraction of sp³-hybridized carbons (Fsp3) is 0.192. The number of aliphatic carboxylic acids is 1. The lowest BCUT2D eigenvalue weighted by atomic mass is 9.86. The van der Waals surface area contributed by atoms with Crippen molar-refractivity contribution in [3.8, 4) is 11.1 Å². The summed E-state index contributed by atoms with van der Waals surface area (Å²) in [7, 11) is -2.34. The summed E-state index contributed by atoms with van der Waals surface area (Å²) in [5.74, 6) is -2.83. The zero-order valence-corrected chi connectivity index (χ0v) is 20.0. The summed E-state index contributed by atoms with van der Waals surface area (Å²) in [5, 5.41) is 12.1. The number of amides is 1. The fourth-order valence-corrected chi connectivity index (χ4v) is 4.77. The summed E-state index contributed by atoms with van der Waals surface area (Å²) >= 11 is 0. The van der Waals surface area contributed by atoms with Gasteiger partial charge in [-0.3, -0.25) is 9.59 Å². The Morgan fingerprint density at radius 2 is 1.51 bits per heavy atom. The Hall–Kier alpha value is -3.98. The normalized spacial score (nSPS) is 12.9. The lowest BCUT2D eigenvalue weighted by molar-refractivity contribution is -0.153. The van der Waals surface area contributed by atoms with Crippen molar-refractivity contribution in [1.29, 1.82) is 0 Å². The van der Waals surface area contributed by atoms with E-state index < -0.39 is 39.6 Å². The number of carbonyl (C=O) groups excluding carboxylic acids is 2. The quantitative estimate of drug-likeness (QED) is 0.437. The number of sulfone groups is 1. The van der Waals surface area contributed by atoms with Crippen LogP contribution in [0, 0.1) is 0 Å². The van der Waals surface area contributed by atoms with Crippen LogP contribution in [0.5, 0.6) is 0 Å². The monoisotopic (exact) mass is 495 g/mol. The number of hydrogen-bond donors (Lipinski definition) is 2. The molecule has 1 unspecified atom stereocenters. The van der Waals surface area contributed by atoms with E-state index >= 15 is 0 Å². The number of nitrogens with one attached hydrogen (secondary N) is 1. The molecule has 0 saturated carbocycles. The van der Waals surface area contributed by atoms with E-state index in [2.05, 4.69) is 5.32 Å². The average Bonchev–Trinajstić information content (AvgIpc) is 2.83. The number of ether oxygens (including phenoxy) is 1. The maximum Gasteiger partial charge on any atom is 0.332 e. The Morgan fingerprint density at radius 3 is 2.09 bits per heavy atom. The standard InChI is InChI=1S/C26H25NO7S/c1-34-25(31)26(17-23(28)29,16-18-8-4-3-5-9-18)27-24(30)20-14-12-19(13-15-20)21-10-6-7-11-22(21)35(2,32)33/h3-15H,16-17H2,1-2H3,(H,27,30)(H,28,29). The second-order valence-corrected chi connectivity index (χ2v) is 10.1. The smallest absolute Gasteiger partial charge is 0.332 e. The molecular weight excluding hydrogens is 470 g/mol. The first-order valence-electron chi connectivity index (χ1n) is 10.6. The number of carboxylic acid groups (broad SMARTS) is 1. The van der Waals surface area contributed by atoms with Crippen LogP contribution in [0.4, 0.5) is 0 Å². The van der Waals surface area contributed by atoms with Gasteiger partial charge in [0, 0.05) is 23.8 Å². The molecule has 0 aliphatic heterocycles. The summed E-state index contributed by atoms with van der Waals surface area (Å²) in [4.78, 5) is 37.7. The number of methoxy groups -OCH3 is 1. The maximum atomic E-state index is 13.1. The van der Waals surface area contributed by atoms with E-state index in [1.54, 1.807) is 60.7 Å². The van der Waals surface area contributed by atoms with Crippen molar-refractivity contribution in [2.45, 2.75) is 23.3 Å². The van der Waals surface area contributed by atoms with E-state index in [4.69, 9.17) is 4.74 Å². The summed E-state index contributed by atoms with van der Waals surface area (Å²) < 4.78 is 29.1. The topological polar surface area (TPSA) is 127 Å². The summed E-state index contributed by atoms with van der Waals surface area (Å²) in [5.41, 5.74) is 0.0440. The third-order valence-electron chi connectivity index (χ3n) is 5.48. The van der Waals surface area contributed by atoms with Crippen LogP contribution in [0.2, 0.25) is 0 Å². The van der Waals surface area contributed by atoms with Gasteiger partial charge in [-0.15, -0.1) is 0 Å². The number of rotatable bonds is 9. The number of benzene rings is 3. The largest absolute Gasteiger partial charge is 0.481 e. The highest BCUT2D eigenvalue weighted by molar-refractivity contribution is 7.90. The second kappa shape index (κ2) is 10.5. The minimum atomic E-state index is -3.47. The number of hydrogen-bond acceptors (Lipinski definition) is 6. The summed E-state index contributed by atoms with van der Waals surface area (Å²) in [6.45, 7) is 0. The van der Waals surface area contributed by atoms with Crippen molar-refractivity contribution < 1.29 is 32.6 Å². The van der Waals surface area contributed by atoms with Crippen molar-refractivity contribution in [3.05, 3.63) is 90.0 Å². The highest BCUT2D eigenvalue weighted by atomic mass is 32.2. The van der Waals surface area contributed by atoms with Crippen molar-refractivity contribution in [2.75, 3.05) is 13.4 Å². The molecule has 0 heterocycles. The Balaban J connectivity index is 1.95. The highest BCUT2D eigenvalue weighted by Crippen LogP contribution is 2.28. The number of esters is 1. The molecule has 0 saturated heterocycles. The highest BCUT2D eigenvalue weighted by Gasteiger charge is 2.43. The van der Waals surface area contributed by atoms with E-state index in [0.717, 1.165) is 13.4 Å². The van der Waals surface area contributed by atoms with Crippen LogP contribution < -0.4 is 5.32 Å². The molecule has 0 aliphatic rings. The molecule has 9 heteroatoms. The predicted molar refractivity (Wildman–Crippen MR) is 130 cm³/mol. The molecule has 3 rings (SSSR count). The number of carboxylic acids is 1. The van der Waals surface area contributed by atoms with Gasteiger partial charge in [0.05, 0.1) is 18.4 Å². The minimum Gasteiger partial charge on any atom is -0.481 e. The molecule has 0 fully saturated rings. The molecule has 0 aromatic heterocycles. The third kappa shape index (κ3) is 6.13. The van der Waals surface area contributed by atoms with E-state index in [0.29, 0.717) is 16.7 Å². The molecule has 3 aromatic carbocycles. The van der Waals surface area contributed by atoms with Gasteiger partial charge in [0.25, 0.3) is 5.91 Å². The van der Waals surface area contributed by atoms with Gasteiger partial charge in [0.2, 0.25) is 0 Å². The molecule has 8 nitrogen and oxygen atoms in total. The van der Waals surface area contributed by atoms with E-state index in [1.165, 1.54) is 18.2 Å². The Labute approximate surface area is 203 Å². The predicted octanol–water partition coefficient (Wildman–Crippen LogP) is 3.12. The van der Waals surface area contributed by atoms with Crippen molar-refractivity contribution in [2.24, 2.45) is 0 Å². The first-order chi connectivity index (χ1) is 16.6. The van der Waals surface area contributed by atoms with Crippen LogP contribution >= 0.6 is 0 Å². The van der Waals surface area contributed by atoms with Gasteiger partial charge < -0.3 is 15.2 Å². The van der Waals surface area contributed by atoms with Crippen LogP contribution in [0.15, 0.2) is 83.8 Å². The molecule has 0 spiro atoms. The van der Waals surface area contributed by atoms with E-state index in [1.807, 2.05) is 0 Å². The second-order valence-electron chi connectivity index (χ2n) is 8.11. The molecule has 2 N–H and O–H groups in total. The summed E-state index contributed by atoms with van der Waals surface area (Å²) in [6, 6.07) is 21.4. The fourth-order valence-electron chi connectivity index (χ4n) is 3.86. The molecule has 0 bridgehead atoms. The molecule has 182 valence electrons. The van der Waals surface area contributed by atoms with Crippen LogP contribution in [-0.4, -0.2) is 50.3 Å². The van der Waals surface area contributed by atoms with Gasteiger partial charge in [-0.2, -0.15) is 0 Å². The average molecular weight is 496 g/mol. The SMILES string of the molecule is COC(=O)C(CC(=O)O)(Cc1ccccc1)NC(=O)c1ccc(-c2ccccc2S(C)(=O)=O)cc1. The lowest BCUT2D eigenvalue weighted by Gasteiger charge is -2.31. The third-order valence-corrected chi connectivity index (χ3v) is 6.63. The first kappa shape index (κ1) is 25.6. The van der Waals surface area contributed by atoms with Gasteiger partial charge in [0.1, 0.15) is 0 Å². The molecule has 0 aliphatic carbocycles. The number of carbonyl (C=O) groups is 3. The van der Waals surface area contributed by atoms with Crippen LogP contribution in [0.3, 0.4) is 0 Å². The van der Waals surface area contributed by atoms with Crippen molar-refractivity contribution >= 4 is 27.7 Å². The minimum absolute atomic E-state index is 0.0849. The first-order valence-corrected chi connectivity index (χ1v) is 12.5. The molecular formula is C26H25NO7S. The van der Waals surface area contributed by atoms with Gasteiger partial charge >= 0.3 is 11.9 Å². The van der Waals surface area contributed by atoms with Crippen LogP contribution in [-0.2, 0) is 30.6 Å². The molecule has 35 heavy (non-hydrogen) atoms. The van der Waals surface area contributed by atoms with Crippen LogP contribution in [0.1, 0.15) is 22.3 Å². The zero-order chi connectivity index (χ0) is 25.6. The van der Waals surface area contributed by atoms with E-state index in [-0.39, 0.29) is 16.9 Å². The van der Waals surface area contributed by atoms with E-state index in [9.17, 15) is 27.9 Å².